The lowest BCUT2D eigenvalue weighted by Gasteiger charge is -2.56. The summed E-state index contributed by atoms with van der Waals surface area (Å²) in [5.41, 5.74) is 0.348. The van der Waals surface area contributed by atoms with E-state index in [1.54, 1.807) is 12.1 Å². The van der Waals surface area contributed by atoms with E-state index in [4.69, 9.17) is 0 Å². The van der Waals surface area contributed by atoms with E-state index in [9.17, 15) is 9.18 Å². The Bertz CT molecular complexity index is 950. The maximum absolute atomic E-state index is 14.5. The fourth-order valence-electron chi connectivity index (χ4n) is 6.80. The average molecular weight is 442 g/mol. The number of nitrogens with zero attached hydrogens (tertiary/aromatic N) is 3. The molecule has 1 unspecified atom stereocenters. The van der Waals surface area contributed by atoms with E-state index in [0.29, 0.717) is 29.6 Å². The van der Waals surface area contributed by atoms with E-state index in [2.05, 4.69) is 24.0 Å². The molecule has 0 radical (unpaired) electrons. The molecule has 2 aromatic rings. The van der Waals surface area contributed by atoms with Crippen molar-refractivity contribution in [3.8, 4) is 11.4 Å². The van der Waals surface area contributed by atoms with Crippen molar-refractivity contribution in [1.82, 2.24) is 14.8 Å². The third-order valence-corrected chi connectivity index (χ3v) is 8.67. The fraction of sp³-hybridized carbons (Fsp3) is 0.640. The number of hydrogen-bond acceptors (Lipinski definition) is 4. The molecule has 4 saturated carbocycles. The molecule has 6 heteroatoms. The predicted octanol–water partition coefficient (Wildman–Crippen LogP) is 6.01. The van der Waals surface area contributed by atoms with Crippen LogP contribution in [-0.4, -0.2) is 25.8 Å². The van der Waals surface area contributed by atoms with Crippen LogP contribution < -0.4 is 0 Å². The minimum Gasteiger partial charge on any atom is -0.302 e. The lowest BCUT2D eigenvalue weighted by atomic mass is 9.48. The van der Waals surface area contributed by atoms with Crippen molar-refractivity contribution in [3.63, 3.8) is 0 Å². The molecule has 4 fully saturated rings. The SMILES string of the molecule is CC(C)Cn1c(SC(C)C(=O)C23CC4CC(CC(C4)C2)C3)nnc1-c1ccccc1F. The van der Waals surface area contributed by atoms with Gasteiger partial charge in [0, 0.05) is 12.0 Å². The Balaban J connectivity index is 1.41. The highest BCUT2D eigenvalue weighted by Gasteiger charge is 2.55. The highest BCUT2D eigenvalue weighted by molar-refractivity contribution is 8.00. The second-order valence-electron chi connectivity index (χ2n) is 10.6. The van der Waals surface area contributed by atoms with Gasteiger partial charge in [-0.2, -0.15) is 0 Å². The van der Waals surface area contributed by atoms with Crippen LogP contribution >= 0.6 is 11.8 Å². The first-order valence-electron chi connectivity index (χ1n) is 11.7. The van der Waals surface area contributed by atoms with Crippen molar-refractivity contribution in [2.75, 3.05) is 0 Å². The monoisotopic (exact) mass is 441 g/mol. The summed E-state index contributed by atoms with van der Waals surface area (Å²) in [6.07, 6.45) is 7.26. The molecule has 1 aromatic heterocycles. The molecule has 166 valence electrons. The summed E-state index contributed by atoms with van der Waals surface area (Å²) in [6, 6.07) is 6.70. The van der Waals surface area contributed by atoms with Crippen LogP contribution in [0.4, 0.5) is 4.39 Å². The van der Waals surface area contributed by atoms with Gasteiger partial charge in [-0.3, -0.25) is 4.79 Å². The smallest absolute Gasteiger partial charge is 0.192 e. The van der Waals surface area contributed by atoms with Crippen molar-refractivity contribution in [3.05, 3.63) is 30.1 Å². The van der Waals surface area contributed by atoms with Gasteiger partial charge in [-0.1, -0.05) is 37.7 Å². The number of benzene rings is 1. The van der Waals surface area contributed by atoms with Crippen LogP contribution in [0.15, 0.2) is 29.4 Å². The quantitative estimate of drug-likeness (QED) is 0.494. The summed E-state index contributed by atoms with van der Waals surface area (Å²) >= 11 is 1.51. The molecule has 4 bridgehead atoms. The summed E-state index contributed by atoms with van der Waals surface area (Å²) in [7, 11) is 0. The number of carbonyl (C=O) groups is 1. The number of Topliss-reactive ketones (excluding diaryl/α,β-unsaturated/α-hetero) is 1. The highest BCUT2D eigenvalue weighted by atomic mass is 32.2. The third-order valence-electron chi connectivity index (χ3n) is 7.59. The minimum atomic E-state index is -0.297. The molecule has 1 aromatic carbocycles. The molecule has 31 heavy (non-hydrogen) atoms. The van der Waals surface area contributed by atoms with Gasteiger partial charge in [0.05, 0.1) is 10.8 Å². The zero-order valence-corrected chi connectivity index (χ0v) is 19.5. The second kappa shape index (κ2) is 8.02. The topological polar surface area (TPSA) is 47.8 Å². The zero-order chi connectivity index (χ0) is 21.8. The number of thioether (sulfide) groups is 1. The van der Waals surface area contributed by atoms with E-state index >= 15 is 0 Å². The number of rotatable bonds is 7. The standard InChI is InChI=1S/C25H32FN3OS/c1-15(2)14-29-23(20-6-4-5-7-21(20)26)27-28-24(29)31-16(3)22(30)25-11-17-8-18(12-25)10-19(9-17)13-25/h4-7,15-19H,8-14H2,1-3H3. The van der Waals surface area contributed by atoms with Gasteiger partial charge >= 0.3 is 0 Å². The van der Waals surface area contributed by atoms with Gasteiger partial charge < -0.3 is 4.57 Å². The molecule has 0 saturated heterocycles. The number of hydrogen-bond donors (Lipinski definition) is 0. The van der Waals surface area contributed by atoms with Crippen LogP contribution in [0.1, 0.15) is 59.3 Å². The first-order valence-corrected chi connectivity index (χ1v) is 12.6. The molecule has 0 aliphatic heterocycles. The van der Waals surface area contributed by atoms with Crippen LogP contribution in [0.5, 0.6) is 0 Å². The molecule has 0 N–H and O–H groups in total. The Hall–Kier alpha value is -1.69. The number of ketones is 1. The Morgan fingerprint density at radius 1 is 1.10 bits per heavy atom. The van der Waals surface area contributed by atoms with Gasteiger partial charge in [0.2, 0.25) is 0 Å². The van der Waals surface area contributed by atoms with Gasteiger partial charge in [-0.15, -0.1) is 10.2 Å². The largest absolute Gasteiger partial charge is 0.302 e. The lowest BCUT2D eigenvalue weighted by molar-refractivity contribution is -0.143. The molecule has 1 heterocycles. The predicted molar refractivity (Wildman–Crippen MR) is 121 cm³/mol. The zero-order valence-electron chi connectivity index (χ0n) is 18.7. The van der Waals surface area contributed by atoms with Crippen molar-refractivity contribution in [2.24, 2.45) is 29.1 Å². The second-order valence-corrected chi connectivity index (χ2v) is 11.9. The lowest BCUT2D eigenvalue weighted by Crippen LogP contribution is -2.51. The third kappa shape index (κ3) is 3.85. The molecular weight excluding hydrogens is 409 g/mol. The molecule has 4 nitrogen and oxygen atoms in total. The summed E-state index contributed by atoms with van der Waals surface area (Å²) in [6.45, 7) is 6.98. The van der Waals surface area contributed by atoms with Gasteiger partial charge in [0.15, 0.2) is 16.8 Å². The number of halogens is 1. The molecule has 0 spiro atoms. The maximum Gasteiger partial charge on any atom is 0.192 e. The summed E-state index contributed by atoms with van der Waals surface area (Å²) in [4.78, 5) is 13.7. The Kier molecular flexibility index (Phi) is 5.48. The molecule has 4 aliphatic carbocycles. The first-order chi connectivity index (χ1) is 14.8. The molecule has 0 amide bonds. The Morgan fingerprint density at radius 2 is 1.71 bits per heavy atom. The molecule has 4 aliphatic rings. The average Bonchev–Trinajstić information content (AvgIpc) is 3.08. The highest BCUT2D eigenvalue weighted by Crippen LogP contribution is 2.61. The Morgan fingerprint density at radius 3 is 2.29 bits per heavy atom. The minimum absolute atomic E-state index is 0.113. The normalized spacial score (nSPS) is 30.2. The maximum atomic E-state index is 14.5. The Labute approximate surface area is 188 Å². The summed E-state index contributed by atoms with van der Waals surface area (Å²) in [5.74, 6) is 3.27. The summed E-state index contributed by atoms with van der Waals surface area (Å²) < 4.78 is 16.5. The van der Waals surface area contributed by atoms with E-state index < -0.39 is 0 Å². The van der Waals surface area contributed by atoms with E-state index in [1.807, 2.05) is 17.6 Å². The molecular formula is C25H32FN3OS. The van der Waals surface area contributed by atoms with Crippen molar-refractivity contribution in [1.29, 1.82) is 0 Å². The number of aromatic nitrogens is 3. The van der Waals surface area contributed by atoms with E-state index in [1.165, 1.54) is 37.1 Å². The van der Waals surface area contributed by atoms with Crippen molar-refractivity contribution in [2.45, 2.75) is 76.2 Å². The van der Waals surface area contributed by atoms with Gasteiger partial charge in [0.25, 0.3) is 0 Å². The molecule has 1 atom stereocenters. The van der Waals surface area contributed by atoms with Crippen molar-refractivity contribution < 1.29 is 9.18 Å². The van der Waals surface area contributed by atoms with Crippen LogP contribution in [0.25, 0.3) is 11.4 Å². The summed E-state index contributed by atoms with van der Waals surface area (Å²) in [5, 5.41) is 9.31. The van der Waals surface area contributed by atoms with E-state index in [0.717, 1.165) is 42.2 Å². The van der Waals surface area contributed by atoms with Crippen LogP contribution in [0, 0.1) is 34.9 Å². The fourth-order valence-corrected chi connectivity index (χ4v) is 7.85. The van der Waals surface area contributed by atoms with Gasteiger partial charge in [-0.05, 0) is 81.3 Å². The molecule has 6 rings (SSSR count). The number of carbonyl (C=O) groups excluding carboxylic acids is 1. The van der Waals surface area contributed by atoms with Crippen molar-refractivity contribution >= 4 is 17.5 Å². The van der Waals surface area contributed by atoms with Crippen LogP contribution in [0.3, 0.4) is 0 Å². The van der Waals surface area contributed by atoms with Gasteiger partial charge in [-0.25, -0.2) is 4.39 Å². The van der Waals surface area contributed by atoms with E-state index in [-0.39, 0.29) is 16.5 Å². The van der Waals surface area contributed by atoms with Crippen LogP contribution in [-0.2, 0) is 11.3 Å². The van der Waals surface area contributed by atoms with Crippen LogP contribution in [0.2, 0.25) is 0 Å². The first kappa shape index (κ1) is 21.2. The van der Waals surface area contributed by atoms with Gasteiger partial charge in [0.1, 0.15) is 5.82 Å².